The molecule has 1 N–H and O–H groups in total. The molecule has 21 heavy (non-hydrogen) atoms. The van der Waals surface area contributed by atoms with E-state index in [0.29, 0.717) is 0 Å². The number of hydrazone groups is 1. The van der Waals surface area contributed by atoms with Crippen LogP contribution in [-0.4, -0.2) is 16.2 Å². The number of para-hydroxylation sites is 1. The highest BCUT2D eigenvalue weighted by molar-refractivity contribution is 5.89. The Hall–Kier alpha value is -2.75. The molecule has 0 saturated carbocycles. The molecule has 3 rings (SSSR count). The van der Waals surface area contributed by atoms with Crippen LogP contribution in [0.3, 0.4) is 0 Å². The Kier molecular flexibility index (Phi) is 3.60. The van der Waals surface area contributed by atoms with E-state index in [1.54, 1.807) is 6.21 Å². The molecule has 0 radical (unpaired) electrons. The Morgan fingerprint density at radius 1 is 1.00 bits per heavy atom. The van der Waals surface area contributed by atoms with Gasteiger partial charge in [-0.15, -0.1) is 0 Å². The number of aromatic nitrogens is 2. The summed E-state index contributed by atoms with van der Waals surface area (Å²) in [5.74, 6) is 1.45. The van der Waals surface area contributed by atoms with E-state index in [4.69, 9.17) is 0 Å². The molecule has 1 heterocycles. The summed E-state index contributed by atoms with van der Waals surface area (Å²) in [6.45, 7) is 3.94. The van der Waals surface area contributed by atoms with Crippen molar-refractivity contribution < 1.29 is 0 Å². The number of nitrogens with one attached hydrogen (secondary N) is 1. The first-order chi connectivity index (χ1) is 10.2. The van der Waals surface area contributed by atoms with Crippen molar-refractivity contribution in [3.05, 3.63) is 65.5 Å². The molecule has 0 fully saturated rings. The van der Waals surface area contributed by atoms with Crippen LogP contribution >= 0.6 is 0 Å². The fraction of sp³-hybridized carbons (Fsp3) is 0.118. The SMILES string of the molecule is Cc1cccc(/C=N/Nc2nc(C)nc3ccccc23)c1. The Morgan fingerprint density at radius 2 is 1.86 bits per heavy atom. The Bertz CT molecular complexity index is 809. The van der Waals surface area contributed by atoms with Crippen LogP contribution in [0.4, 0.5) is 5.82 Å². The van der Waals surface area contributed by atoms with Crippen molar-refractivity contribution in [2.24, 2.45) is 5.10 Å². The zero-order valence-electron chi connectivity index (χ0n) is 12.0. The highest BCUT2D eigenvalue weighted by Gasteiger charge is 2.03. The van der Waals surface area contributed by atoms with E-state index in [9.17, 15) is 0 Å². The van der Waals surface area contributed by atoms with Crippen molar-refractivity contribution in [2.45, 2.75) is 13.8 Å². The minimum absolute atomic E-state index is 0.724. The quantitative estimate of drug-likeness (QED) is 0.586. The molecule has 0 aliphatic heterocycles. The van der Waals surface area contributed by atoms with Crippen molar-refractivity contribution in [2.75, 3.05) is 5.43 Å². The number of fused-ring (bicyclic) bond motifs is 1. The van der Waals surface area contributed by atoms with E-state index in [1.807, 2.05) is 43.3 Å². The molecule has 0 bridgehead atoms. The second kappa shape index (κ2) is 5.71. The molecule has 0 aliphatic carbocycles. The van der Waals surface area contributed by atoms with Crippen LogP contribution in [0.1, 0.15) is 17.0 Å². The second-order valence-electron chi connectivity index (χ2n) is 4.92. The van der Waals surface area contributed by atoms with Crippen molar-refractivity contribution in [1.29, 1.82) is 0 Å². The van der Waals surface area contributed by atoms with Gasteiger partial charge in [0.1, 0.15) is 5.82 Å². The zero-order valence-corrected chi connectivity index (χ0v) is 12.0. The van der Waals surface area contributed by atoms with Crippen LogP contribution < -0.4 is 5.43 Å². The van der Waals surface area contributed by atoms with Crippen LogP contribution in [0.2, 0.25) is 0 Å². The van der Waals surface area contributed by atoms with Crippen LogP contribution in [0.5, 0.6) is 0 Å². The maximum atomic E-state index is 4.41. The highest BCUT2D eigenvalue weighted by Crippen LogP contribution is 2.19. The van der Waals surface area contributed by atoms with Crippen LogP contribution in [0.25, 0.3) is 10.9 Å². The summed E-state index contributed by atoms with van der Waals surface area (Å²) in [6, 6.07) is 16.1. The highest BCUT2D eigenvalue weighted by atomic mass is 15.3. The van der Waals surface area contributed by atoms with E-state index in [2.05, 4.69) is 39.6 Å². The predicted octanol–water partition coefficient (Wildman–Crippen LogP) is 3.69. The second-order valence-corrected chi connectivity index (χ2v) is 4.92. The summed E-state index contributed by atoms with van der Waals surface area (Å²) in [4.78, 5) is 8.83. The summed E-state index contributed by atoms with van der Waals surface area (Å²) >= 11 is 0. The average Bonchev–Trinajstić information content (AvgIpc) is 2.47. The minimum atomic E-state index is 0.724. The van der Waals surface area contributed by atoms with Gasteiger partial charge in [0, 0.05) is 5.39 Å². The standard InChI is InChI=1S/C17H16N4/c1-12-6-5-7-14(10-12)11-18-21-17-15-8-3-4-9-16(15)19-13(2)20-17/h3-11H,1-2H3,(H,19,20,21)/b18-11+. The molecule has 4 nitrogen and oxygen atoms in total. The molecule has 1 aromatic heterocycles. The molecule has 0 unspecified atom stereocenters. The van der Waals surface area contributed by atoms with Crippen molar-refractivity contribution >= 4 is 22.9 Å². The number of hydrogen-bond acceptors (Lipinski definition) is 4. The van der Waals surface area contributed by atoms with Crippen LogP contribution in [0.15, 0.2) is 53.6 Å². The molecule has 104 valence electrons. The lowest BCUT2D eigenvalue weighted by atomic mass is 10.2. The third kappa shape index (κ3) is 3.05. The van der Waals surface area contributed by atoms with E-state index in [-0.39, 0.29) is 0 Å². The predicted molar refractivity (Wildman–Crippen MR) is 86.7 cm³/mol. The molecule has 3 aromatic rings. The molecule has 4 heteroatoms. The lowest BCUT2D eigenvalue weighted by Gasteiger charge is -2.05. The first-order valence-electron chi connectivity index (χ1n) is 6.81. The minimum Gasteiger partial charge on any atom is -0.261 e. The molecule has 0 saturated heterocycles. The Balaban J connectivity index is 1.88. The van der Waals surface area contributed by atoms with E-state index < -0.39 is 0 Å². The summed E-state index contributed by atoms with van der Waals surface area (Å²) in [5.41, 5.74) is 6.19. The average molecular weight is 276 g/mol. The monoisotopic (exact) mass is 276 g/mol. The largest absolute Gasteiger partial charge is 0.261 e. The van der Waals surface area contributed by atoms with Crippen LogP contribution in [-0.2, 0) is 0 Å². The maximum absolute atomic E-state index is 4.41. The van der Waals surface area contributed by atoms with Gasteiger partial charge in [-0.2, -0.15) is 5.10 Å². The van der Waals surface area contributed by atoms with Gasteiger partial charge in [0.05, 0.1) is 11.7 Å². The molecular weight excluding hydrogens is 260 g/mol. The van der Waals surface area contributed by atoms with Gasteiger partial charge in [0.2, 0.25) is 0 Å². The molecule has 0 aliphatic rings. The first kappa shape index (κ1) is 13.2. The first-order valence-corrected chi connectivity index (χ1v) is 6.81. The number of anilines is 1. The van der Waals surface area contributed by atoms with Gasteiger partial charge in [-0.05, 0) is 31.5 Å². The number of nitrogens with zero attached hydrogens (tertiary/aromatic N) is 3. The van der Waals surface area contributed by atoms with Gasteiger partial charge in [0.25, 0.3) is 0 Å². The lowest BCUT2D eigenvalue weighted by Crippen LogP contribution is -1.98. The topological polar surface area (TPSA) is 50.2 Å². The van der Waals surface area contributed by atoms with E-state index in [0.717, 1.165) is 28.1 Å². The Morgan fingerprint density at radius 3 is 2.71 bits per heavy atom. The lowest BCUT2D eigenvalue weighted by molar-refractivity contribution is 1.08. The fourth-order valence-corrected chi connectivity index (χ4v) is 2.20. The van der Waals surface area contributed by atoms with Gasteiger partial charge < -0.3 is 0 Å². The number of rotatable bonds is 3. The van der Waals surface area contributed by atoms with Crippen molar-refractivity contribution in [3.63, 3.8) is 0 Å². The van der Waals surface area contributed by atoms with Crippen molar-refractivity contribution in [1.82, 2.24) is 9.97 Å². The smallest absolute Gasteiger partial charge is 0.157 e. The molecule has 0 amide bonds. The van der Waals surface area contributed by atoms with Gasteiger partial charge in [-0.3, -0.25) is 5.43 Å². The summed E-state index contributed by atoms with van der Waals surface area (Å²) in [7, 11) is 0. The van der Waals surface area contributed by atoms with E-state index in [1.165, 1.54) is 5.56 Å². The third-order valence-corrected chi connectivity index (χ3v) is 3.14. The van der Waals surface area contributed by atoms with Gasteiger partial charge >= 0.3 is 0 Å². The van der Waals surface area contributed by atoms with Gasteiger partial charge in [-0.25, -0.2) is 9.97 Å². The molecule has 2 aromatic carbocycles. The van der Waals surface area contributed by atoms with Crippen molar-refractivity contribution in [3.8, 4) is 0 Å². The van der Waals surface area contributed by atoms with E-state index >= 15 is 0 Å². The number of aryl methyl sites for hydroxylation is 2. The third-order valence-electron chi connectivity index (χ3n) is 3.14. The fourth-order valence-electron chi connectivity index (χ4n) is 2.20. The summed E-state index contributed by atoms with van der Waals surface area (Å²) < 4.78 is 0. The Labute approximate surface area is 123 Å². The van der Waals surface area contributed by atoms with Gasteiger partial charge in [0.15, 0.2) is 5.82 Å². The maximum Gasteiger partial charge on any atom is 0.157 e. The summed E-state index contributed by atoms with van der Waals surface area (Å²) in [5, 5.41) is 5.24. The zero-order chi connectivity index (χ0) is 14.7. The van der Waals surface area contributed by atoms with Crippen LogP contribution in [0, 0.1) is 13.8 Å². The summed E-state index contributed by atoms with van der Waals surface area (Å²) in [6.07, 6.45) is 1.79. The number of hydrogen-bond donors (Lipinski definition) is 1. The molecular formula is C17H16N4. The molecule has 0 spiro atoms. The van der Waals surface area contributed by atoms with Gasteiger partial charge in [-0.1, -0.05) is 42.0 Å². The number of benzene rings is 2. The normalized spacial score (nSPS) is 11.1. The molecule has 0 atom stereocenters.